The van der Waals surface area contributed by atoms with Crippen molar-refractivity contribution < 1.29 is 17.9 Å². The molecule has 19 heavy (non-hydrogen) atoms. The predicted octanol–water partition coefficient (Wildman–Crippen LogP) is 3.15. The fourth-order valence-electron chi connectivity index (χ4n) is 1.26. The van der Waals surface area contributed by atoms with E-state index in [4.69, 9.17) is 0 Å². The molecule has 0 amide bonds. The first-order valence-electron chi connectivity index (χ1n) is 5.95. The molecule has 0 radical (unpaired) electrons. The lowest BCUT2D eigenvalue weighted by molar-refractivity contribution is -0.154. The highest BCUT2D eigenvalue weighted by atomic mass is 19.4. The van der Waals surface area contributed by atoms with E-state index < -0.39 is 12.8 Å². The van der Waals surface area contributed by atoms with Crippen molar-refractivity contribution in [1.82, 2.24) is 9.97 Å². The van der Waals surface area contributed by atoms with Crippen molar-refractivity contribution in [2.24, 2.45) is 0 Å². The molecular formula is C12H18F3N3O. The second kappa shape index (κ2) is 5.63. The summed E-state index contributed by atoms with van der Waals surface area (Å²) in [6.45, 7) is 6.76. The van der Waals surface area contributed by atoms with Crippen LogP contribution in [-0.4, -0.2) is 29.3 Å². The number of anilines is 1. The Balaban J connectivity index is 3.00. The van der Waals surface area contributed by atoms with Gasteiger partial charge in [0.15, 0.2) is 6.61 Å². The molecule has 1 aromatic rings. The monoisotopic (exact) mass is 277 g/mol. The minimum absolute atomic E-state index is 0.0757. The fourth-order valence-corrected chi connectivity index (χ4v) is 1.26. The summed E-state index contributed by atoms with van der Waals surface area (Å²) in [5, 5.41) is 2.95. The maximum absolute atomic E-state index is 12.1. The SMILES string of the molecule is CCNc1cc(OCC(F)(F)F)nc(C(C)(C)C)n1. The Morgan fingerprint density at radius 2 is 1.84 bits per heavy atom. The normalized spacial score (nSPS) is 12.4. The molecule has 0 saturated heterocycles. The first kappa shape index (κ1) is 15.5. The van der Waals surface area contributed by atoms with Crippen LogP contribution in [0.15, 0.2) is 6.07 Å². The minimum atomic E-state index is -4.38. The third-order valence-electron chi connectivity index (χ3n) is 2.12. The number of alkyl halides is 3. The van der Waals surface area contributed by atoms with Crippen LogP contribution in [0, 0.1) is 0 Å². The average Bonchev–Trinajstić information content (AvgIpc) is 2.24. The Morgan fingerprint density at radius 1 is 1.21 bits per heavy atom. The van der Waals surface area contributed by atoms with Gasteiger partial charge in [0.25, 0.3) is 0 Å². The standard InChI is InChI=1S/C12H18F3N3O/c1-5-16-8-6-9(19-7-12(13,14)15)18-10(17-8)11(2,3)4/h6H,5,7H2,1-4H3,(H,16,17,18). The van der Waals surface area contributed by atoms with E-state index in [1.807, 2.05) is 27.7 Å². The van der Waals surface area contributed by atoms with Crippen molar-refractivity contribution >= 4 is 5.82 Å². The molecule has 0 aliphatic rings. The Kier molecular flexibility index (Phi) is 4.60. The third kappa shape index (κ3) is 5.32. The summed E-state index contributed by atoms with van der Waals surface area (Å²) < 4.78 is 41.1. The first-order chi connectivity index (χ1) is 8.62. The topological polar surface area (TPSA) is 47.0 Å². The van der Waals surface area contributed by atoms with Crippen molar-refractivity contribution in [3.8, 4) is 5.88 Å². The molecule has 0 aromatic carbocycles. The molecule has 0 atom stereocenters. The summed E-state index contributed by atoms with van der Waals surface area (Å²) in [4.78, 5) is 8.27. The van der Waals surface area contributed by atoms with Gasteiger partial charge in [-0.15, -0.1) is 0 Å². The summed E-state index contributed by atoms with van der Waals surface area (Å²) >= 11 is 0. The minimum Gasteiger partial charge on any atom is -0.468 e. The first-order valence-corrected chi connectivity index (χ1v) is 5.95. The van der Waals surface area contributed by atoms with Gasteiger partial charge in [-0.3, -0.25) is 0 Å². The number of nitrogens with one attached hydrogen (secondary N) is 1. The van der Waals surface area contributed by atoms with Crippen LogP contribution in [0.1, 0.15) is 33.5 Å². The molecule has 0 bridgehead atoms. The lowest BCUT2D eigenvalue weighted by atomic mass is 9.96. The third-order valence-corrected chi connectivity index (χ3v) is 2.12. The van der Waals surface area contributed by atoms with Crippen molar-refractivity contribution in [3.05, 3.63) is 11.9 Å². The van der Waals surface area contributed by atoms with Crippen LogP contribution >= 0.6 is 0 Å². The zero-order valence-electron chi connectivity index (χ0n) is 11.4. The van der Waals surface area contributed by atoms with Crippen LogP contribution < -0.4 is 10.1 Å². The summed E-state index contributed by atoms with van der Waals surface area (Å²) in [5.41, 5.74) is -0.373. The molecule has 1 rings (SSSR count). The molecule has 7 heteroatoms. The molecule has 4 nitrogen and oxygen atoms in total. The van der Waals surface area contributed by atoms with Crippen LogP contribution in [0.3, 0.4) is 0 Å². The summed E-state index contributed by atoms with van der Waals surface area (Å²) in [6.07, 6.45) is -4.38. The van der Waals surface area contributed by atoms with E-state index >= 15 is 0 Å². The highest BCUT2D eigenvalue weighted by Gasteiger charge is 2.29. The maximum atomic E-state index is 12.1. The molecule has 1 N–H and O–H groups in total. The van der Waals surface area contributed by atoms with Gasteiger partial charge in [-0.05, 0) is 6.92 Å². The number of halogens is 3. The lowest BCUT2D eigenvalue weighted by Crippen LogP contribution is -2.22. The van der Waals surface area contributed by atoms with Crippen molar-refractivity contribution in [2.45, 2.75) is 39.3 Å². The Morgan fingerprint density at radius 3 is 2.32 bits per heavy atom. The summed E-state index contributed by atoms with van der Waals surface area (Å²) in [5.74, 6) is 0.816. The van der Waals surface area contributed by atoms with E-state index in [0.29, 0.717) is 18.2 Å². The molecular weight excluding hydrogens is 259 g/mol. The molecule has 108 valence electrons. The number of ether oxygens (including phenoxy) is 1. The summed E-state index contributed by atoms with van der Waals surface area (Å²) in [7, 11) is 0. The van der Waals surface area contributed by atoms with Gasteiger partial charge in [0, 0.05) is 18.0 Å². The van der Waals surface area contributed by atoms with Gasteiger partial charge >= 0.3 is 6.18 Å². The quantitative estimate of drug-likeness (QED) is 0.918. The van der Waals surface area contributed by atoms with E-state index in [9.17, 15) is 13.2 Å². The Bertz CT molecular complexity index is 427. The molecule has 1 heterocycles. The van der Waals surface area contributed by atoms with E-state index in [1.54, 1.807) is 0 Å². The maximum Gasteiger partial charge on any atom is 0.422 e. The molecule has 1 aromatic heterocycles. The Hall–Kier alpha value is -1.53. The largest absolute Gasteiger partial charge is 0.468 e. The van der Waals surface area contributed by atoms with E-state index in [-0.39, 0.29) is 11.3 Å². The smallest absolute Gasteiger partial charge is 0.422 e. The highest BCUT2D eigenvalue weighted by molar-refractivity contribution is 5.39. The second-order valence-electron chi connectivity index (χ2n) is 5.10. The van der Waals surface area contributed by atoms with E-state index in [1.165, 1.54) is 6.07 Å². The van der Waals surface area contributed by atoms with Crippen LogP contribution in [0.5, 0.6) is 5.88 Å². The fraction of sp³-hybridized carbons (Fsp3) is 0.667. The van der Waals surface area contributed by atoms with Gasteiger partial charge in [-0.2, -0.15) is 18.2 Å². The number of rotatable bonds is 4. The van der Waals surface area contributed by atoms with Gasteiger partial charge in [-0.25, -0.2) is 4.98 Å². The number of aromatic nitrogens is 2. The van der Waals surface area contributed by atoms with Crippen LogP contribution in [-0.2, 0) is 5.41 Å². The van der Waals surface area contributed by atoms with E-state index in [2.05, 4.69) is 20.0 Å². The average molecular weight is 277 g/mol. The predicted molar refractivity (Wildman–Crippen MR) is 66.4 cm³/mol. The zero-order valence-corrected chi connectivity index (χ0v) is 11.4. The van der Waals surface area contributed by atoms with Crippen LogP contribution in [0.2, 0.25) is 0 Å². The van der Waals surface area contributed by atoms with Crippen molar-refractivity contribution in [1.29, 1.82) is 0 Å². The van der Waals surface area contributed by atoms with Crippen LogP contribution in [0.25, 0.3) is 0 Å². The number of nitrogens with zero attached hydrogens (tertiary/aromatic N) is 2. The molecule has 0 fully saturated rings. The van der Waals surface area contributed by atoms with Crippen molar-refractivity contribution in [3.63, 3.8) is 0 Å². The second-order valence-corrected chi connectivity index (χ2v) is 5.10. The number of hydrogen-bond donors (Lipinski definition) is 1. The Labute approximate surface area is 110 Å². The van der Waals surface area contributed by atoms with Gasteiger partial charge < -0.3 is 10.1 Å². The highest BCUT2D eigenvalue weighted by Crippen LogP contribution is 2.24. The molecule has 0 aliphatic heterocycles. The summed E-state index contributed by atoms with van der Waals surface area (Å²) in [6, 6.07) is 1.37. The molecule has 0 aliphatic carbocycles. The van der Waals surface area contributed by atoms with Gasteiger partial charge in [0.2, 0.25) is 5.88 Å². The van der Waals surface area contributed by atoms with Gasteiger partial charge in [-0.1, -0.05) is 20.8 Å². The van der Waals surface area contributed by atoms with Gasteiger partial charge in [0.1, 0.15) is 11.6 Å². The lowest BCUT2D eigenvalue weighted by Gasteiger charge is -2.19. The van der Waals surface area contributed by atoms with Crippen LogP contribution in [0.4, 0.5) is 19.0 Å². The van der Waals surface area contributed by atoms with Gasteiger partial charge in [0.05, 0.1) is 0 Å². The molecule has 0 saturated carbocycles. The number of hydrogen-bond acceptors (Lipinski definition) is 4. The molecule has 0 spiro atoms. The molecule has 0 unspecified atom stereocenters. The zero-order chi connectivity index (χ0) is 14.7. The van der Waals surface area contributed by atoms with Crippen molar-refractivity contribution in [2.75, 3.05) is 18.5 Å². The van der Waals surface area contributed by atoms with E-state index in [0.717, 1.165) is 0 Å².